The van der Waals surface area contributed by atoms with Gasteiger partial charge in [0.05, 0.1) is 13.2 Å². The lowest BCUT2D eigenvalue weighted by Gasteiger charge is -2.15. The van der Waals surface area contributed by atoms with Gasteiger partial charge in [0.15, 0.2) is 0 Å². The largest absolute Gasteiger partial charge is 0.465 e. The molecule has 0 bridgehead atoms. The Bertz CT molecular complexity index is 322. The van der Waals surface area contributed by atoms with E-state index >= 15 is 0 Å². The first-order valence-corrected chi connectivity index (χ1v) is 11.4. The molecule has 0 saturated heterocycles. The smallest absolute Gasteiger partial charge is 0.305 e. The van der Waals surface area contributed by atoms with Crippen molar-refractivity contribution < 1.29 is 19.1 Å². The minimum Gasteiger partial charge on any atom is -0.465 e. The summed E-state index contributed by atoms with van der Waals surface area (Å²) in [4.78, 5) is 23.6. The number of hydrogen-bond acceptors (Lipinski definition) is 4. The van der Waals surface area contributed by atoms with Gasteiger partial charge >= 0.3 is 11.9 Å². The molecule has 0 fully saturated rings. The molecule has 0 unspecified atom stereocenters. The van der Waals surface area contributed by atoms with Crippen LogP contribution in [0.3, 0.4) is 0 Å². The molecule has 0 aliphatic rings. The molecule has 0 N–H and O–H groups in total. The highest BCUT2D eigenvalue weighted by molar-refractivity contribution is 5.69. The average Bonchev–Trinajstić information content (AvgIpc) is 2.67. The lowest BCUT2D eigenvalue weighted by Crippen LogP contribution is -2.20. The van der Waals surface area contributed by atoms with Gasteiger partial charge in [-0.15, -0.1) is 0 Å². The van der Waals surface area contributed by atoms with E-state index in [2.05, 4.69) is 13.8 Å². The first-order valence-electron chi connectivity index (χ1n) is 11.4. The third-order valence-electron chi connectivity index (χ3n) is 5.01. The van der Waals surface area contributed by atoms with Crippen LogP contribution in [0.5, 0.6) is 0 Å². The lowest BCUT2D eigenvalue weighted by atomic mass is 10.1. The van der Waals surface area contributed by atoms with Gasteiger partial charge in [-0.3, -0.25) is 9.59 Å². The fourth-order valence-electron chi connectivity index (χ4n) is 2.95. The van der Waals surface area contributed by atoms with Gasteiger partial charge in [-0.1, -0.05) is 85.0 Å². The number of carbonyl (C=O) groups excluding carboxylic acids is 2. The van der Waals surface area contributed by atoms with Crippen LogP contribution in [0.1, 0.15) is 117 Å². The highest BCUT2D eigenvalue weighted by atomic mass is 16.5. The van der Waals surface area contributed by atoms with Gasteiger partial charge in [-0.25, -0.2) is 0 Å². The number of hydrogen-bond donors (Lipinski definition) is 0. The van der Waals surface area contributed by atoms with Crippen molar-refractivity contribution in [1.82, 2.24) is 0 Å². The van der Waals surface area contributed by atoms with Crippen LogP contribution in [-0.4, -0.2) is 25.2 Å². The van der Waals surface area contributed by atoms with Gasteiger partial charge in [0.1, 0.15) is 0 Å². The first kappa shape index (κ1) is 25.9. The predicted molar refractivity (Wildman–Crippen MR) is 112 cm³/mol. The first-order chi connectivity index (χ1) is 13.1. The molecule has 0 amide bonds. The molecule has 4 nitrogen and oxygen atoms in total. The fraction of sp³-hybridized carbons (Fsp3) is 0.913. The van der Waals surface area contributed by atoms with E-state index in [4.69, 9.17) is 9.47 Å². The van der Waals surface area contributed by atoms with E-state index in [0.29, 0.717) is 26.1 Å². The molecular formula is C23H44O4. The van der Waals surface area contributed by atoms with Gasteiger partial charge in [0.2, 0.25) is 0 Å². The summed E-state index contributed by atoms with van der Waals surface area (Å²) >= 11 is 0. The van der Waals surface area contributed by atoms with Gasteiger partial charge in [0, 0.05) is 18.8 Å². The molecule has 4 heteroatoms. The molecule has 0 aliphatic carbocycles. The second-order valence-corrected chi connectivity index (χ2v) is 7.68. The van der Waals surface area contributed by atoms with Crippen molar-refractivity contribution >= 4 is 11.9 Å². The summed E-state index contributed by atoms with van der Waals surface area (Å²) in [6.07, 6.45) is 15.8. The SMILES string of the molecule is CCCCCCCCC(=O)OCC(CC)COC(=O)CCCCCCCC. The van der Waals surface area contributed by atoms with Crippen molar-refractivity contribution in [2.75, 3.05) is 13.2 Å². The van der Waals surface area contributed by atoms with E-state index in [1.807, 2.05) is 6.92 Å². The van der Waals surface area contributed by atoms with Crippen molar-refractivity contribution in [3.8, 4) is 0 Å². The predicted octanol–water partition coefficient (Wildman–Crippen LogP) is 6.60. The van der Waals surface area contributed by atoms with Crippen LogP contribution >= 0.6 is 0 Å². The second kappa shape index (κ2) is 19.7. The van der Waals surface area contributed by atoms with Crippen LogP contribution in [-0.2, 0) is 19.1 Å². The third-order valence-corrected chi connectivity index (χ3v) is 5.01. The molecular weight excluding hydrogens is 340 g/mol. The van der Waals surface area contributed by atoms with Crippen molar-refractivity contribution in [2.24, 2.45) is 5.92 Å². The number of esters is 2. The highest BCUT2D eigenvalue weighted by Crippen LogP contribution is 2.11. The van der Waals surface area contributed by atoms with Crippen molar-refractivity contribution in [3.63, 3.8) is 0 Å². The van der Waals surface area contributed by atoms with Crippen LogP contribution in [0.2, 0.25) is 0 Å². The van der Waals surface area contributed by atoms with E-state index in [-0.39, 0.29) is 17.9 Å². The summed E-state index contributed by atoms with van der Waals surface area (Å²) in [5, 5.41) is 0. The summed E-state index contributed by atoms with van der Waals surface area (Å²) in [6.45, 7) is 7.15. The summed E-state index contributed by atoms with van der Waals surface area (Å²) in [6, 6.07) is 0. The molecule has 0 aliphatic heterocycles. The maximum Gasteiger partial charge on any atom is 0.305 e. The Morgan fingerprint density at radius 1 is 0.593 bits per heavy atom. The molecule has 0 spiro atoms. The molecule has 27 heavy (non-hydrogen) atoms. The van der Waals surface area contributed by atoms with Gasteiger partial charge in [-0.05, 0) is 19.3 Å². The van der Waals surface area contributed by atoms with Crippen molar-refractivity contribution in [2.45, 2.75) is 117 Å². The molecule has 0 radical (unpaired) electrons. The Morgan fingerprint density at radius 3 is 1.33 bits per heavy atom. The molecule has 0 saturated carbocycles. The van der Waals surface area contributed by atoms with Crippen LogP contribution in [0.25, 0.3) is 0 Å². The number of rotatable bonds is 19. The van der Waals surface area contributed by atoms with Gasteiger partial charge < -0.3 is 9.47 Å². The van der Waals surface area contributed by atoms with E-state index in [1.165, 1.54) is 51.4 Å². The summed E-state index contributed by atoms with van der Waals surface area (Å²) in [5.74, 6) is -0.142. The molecule has 0 aromatic heterocycles. The zero-order valence-corrected chi connectivity index (χ0v) is 18.2. The molecule has 0 aromatic carbocycles. The monoisotopic (exact) mass is 384 g/mol. The third kappa shape index (κ3) is 18.1. The van der Waals surface area contributed by atoms with E-state index in [0.717, 1.165) is 32.1 Å². The summed E-state index contributed by atoms with van der Waals surface area (Å²) in [5.41, 5.74) is 0. The molecule has 0 atom stereocenters. The highest BCUT2D eigenvalue weighted by Gasteiger charge is 2.13. The molecule has 160 valence electrons. The number of unbranched alkanes of at least 4 members (excludes halogenated alkanes) is 10. The van der Waals surface area contributed by atoms with Crippen LogP contribution in [0, 0.1) is 5.92 Å². The maximum atomic E-state index is 11.8. The molecule has 0 rings (SSSR count). The Morgan fingerprint density at radius 2 is 0.963 bits per heavy atom. The Balaban J connectivity index is 3.66. The lowest BCUT2D eigenvalue weighted by molar-refractivity contribution is -0.149. The quantitative estimate of drug-likeness (QED) is 0.186. The number of ether oxygens (including phenoxy) is 2. The maximum absolute atomic E-state index is 11.8. The zero-order valence-electron chi connectivity index (χ0n) is 18.2. The van der Waals surface area contributed by atoms with Gasteiger partial charge in [0.25, 0.3) is 0 Å². The second-order valence-electron chi connectivity index (χ2n) is 7.68. The summed E-state index contributed by atoms with van der Waals surface area (Å²) in [7, 11) is 0. The van der Waals surface area contributed by atoms with Crippen molar-refractivity contribution in [1.29, 1.82) is 0 Å². The van der Waals surface area contributed by atoms with Crippen LogP contribution in [0.15, 0.2) is 0 Å². The summed E-state index contributed by atoms with van der Waals surface area (Å²) < 4.78 is 10.7. The zero-order chi connectivity index (χ0) is 20.2. The minimum atomic E-state index is -0.123. The van der Waals surface area contributed by atoms with E-state index < -0.39 is 0 Å². The Hall–Kier alpha value is -1.06. The molecule has 0 aromatic rings. The van der Waals surface area contributed by atoms with E-state index in [1.54, 1.807) is 0 Å². The number of carbonyl (C=O) groups is 2. The minimum absolute atomic E-state index is 0.104. The average molecular weight is 385 g/mol. The van der Waals surface area contributed by atoms with Crippen molar-refractivity contribution in [3.05, 3.63) is 0 Å². The Labute approximate surface area is 167 Å². The van der Waals surface area contributed by atoms with Crippen LogP contribution < -0.4 is 0 Å². The normalized spacial score (nSPS) is 11.0. The fourth-order valence-corrected chi connectivity index (χ4v) is 2.95. The van der Waals surface area contributed by atoms with E-state index in [9.17, 15) is 9.59 Å². The topological polar surface area (TPSA) is 52.6 Å². The van der Waals surface area contributed by atoms with Crippen LogP contribution in [0.4, 0.5) is 0 Å². The Kier molecular flexibility index (Phi) is 18.9. The molecule has 0 heterocycles. The standard InChI is InChI=1S/C23H44O4/c1-4-7-9-11-13-15-17-22(24)26-19-21(6-3)20-27-23(25)18-16-14-12-10-8-5-2/h21H,4-20H2,1-3H3. The van der Waals surface area contributed by atoms with Gasteiger partial charge in [-0.2, -0.15) is 0 Å².